The Labute approximate surface area is 67.3 Å². The van der Waals surface area contributed by atoms with E-state index in [-0.39, 0.29) is 12.2 Å². The zero-order valence-corrected chi connectivity index (χ0v) is 7.17. The molecule has 1 rings (SSSR count). The third-order valence-electron chi connectivity index (χ3n) is 2.01. The average molecular weight is 157 g/mol. The molecule has 64 valence electrons. The summed E-state index contributed by atoms with van der Waals surface area (Å²) in [6.07, 6.45) is 2.65. The Bertz CT molecular complexity index is 147. The summed E-state index contributed by atoms with van der Waals surface area (Å²) in [5.74, 6) is -0.0937. The fourth-order valence-corrected chi connectivity index (χ4v) is 1.26. The van der Waals surface area contributed by atoms with Crippen molar-refractivity contribution in [1.82, 2.24) is 4.90 Å². The molecular formula is C8H15NO2. The number of hydrogen-bond donors (Lipinski definition) is 0. The summed E-state index contributed by atoms with van der Waals surface area (Å²) in [6, 6.07) is 0. The molecule has 0 aromatic carbocycles. The van der Waals surface area contributed by atoms with Crippen LogP contribution < -0.4 is 0 Å². The van der Waals surface area contributed by atoms with Crippen molar-refractivity contribution >= 4 is 5.97 Å². The van der Waals surface area contributed by atoms with Gasteiger partial charge in [0.15, 0.2) is 6.23 Å². The van der Waals surface area contributed by atoms with Gasteiger partial charge in [-0.05, 0) is 19.9 Å². The lowest BCUT2D eigenvalue weighted by molar-refractivity contribution is -0.155. The molecule has 0 spiro atoms. The molecule has 1 heterocycles. The number of ether oxygens (including phenoxy) is 1. The molecule has 11 heavy (non-hydrogen) atoms. The molecule has 1 unspecified atom stereocenters. The summed E-state index contributed by atoms with van der Waals surface area (Å²) in [5.41, 5.74) is 0. The van der Waals surface area contributed by atoms with Gasteiger partial charge in [0.25, 0.3) is 0 Å². The number of nitrogens with zero attached hydrogens (tertiary/aromatic N) is 1. The Balaban J connectivity index is 2.30. The first kappa shape index (κ1) is 8.53. The van der Waals surface area contributed by atoms with Crippen LogP contribution in [0.1, 0.15) is 26.2 Å². The summed E-state index contributed by atoms with van der Waals surface area (Å²) < 4.78 is 5.16. The molecule has 0 aromatic heterocycles. The van der Waals surface area contributed by atoms with E-state index in [2.05, 4.69) is 4.90 Å². The molecule has 1 aliphatic heterocycles. The lowest BCUT2D eigenvalue weighted by atomic mass is 10.3. The van der Waals surface area contributed by atoms with Crippen molar-refractivity contribution in [3.8, 4) is 0 Å². The lowest BCUT2D eigenvalue weighted by Crippen LogP contribution is -2.29. The van der Waals surface area contributed by atoms with Gasteiger partial charge in [-0.2, -0.15) is 0 Å². The van der Waals surface area contributed by atoms with E-state index < -0.39 is 0 Å². The van der Waals surface area contributed by atoms with E-state index in [1.54, 1.807) is 0 Å². The molecule has 3 nitrogen and oxygen atoms in total. The fourth-order valence-electron chi connectivity index (χ4n) is 1.26. The first-order valence-electron chi connectivity index (χ1n) is 4.13. The smallest absolute Gasteiger partial charge is 0.307 e. The van der Waals surface area contributed by atoms with Gasteiger partial charge in [0.1, 0.15) is 0 Å². The van der Waals surface area contributed by atoms with Crippen molar-refractivity contribution in [2.24, 2.45) is 0 Å². The Hall–Kier alpha value is -0.570. The minimum atomic E-state index is -0.0937. The van der Waals surface area contributed by atoms with E-state index in [1.807, 2.05) is 14.0 Å². The van der Waals surface area contributed by atoms with Gasteiger partial charge in [-0.25, -0.2) is 0 Å². The summed E-state index contributed by atoms with van der Waals surface area (Å²) in [5, 5.41) is 0. The molecule has 0 amide bonds. The minimum Gasteiger partial charge on any atom is -0.446 e. The van der Waals surface area contributed by atoms with E-state index >= 15 is 0 Å². The monoisotopic (exact) mass is 157 g/mol. The zero-order valence-electron chi connectivity index (χ0n) is 7.17. The van der Waals surface area contributed by atoms with Crippen LogP contribution in [0.25, 0.3) is 0 Å². The van der Waals surface area contributed by atoms with Crippen LogP contribution in [0.4, 0.5) is 0 Å². The summed E-state index contributed by atoms with van der Waals surface area (Å²) in [4.78, 5) is 12.9. The first-order chi connectivity index (χ1) is 5.24. The Morgan fingerprint density at radius 1 is 1.73 bits per heavy atom. The third kappa shape index (κ3) is 2.19. The highest BCUT2D eigenvalue weighted by molar-refractivity contribution is 5.69. The highest BCUT2D eigenvalue weighted by atomic mass is 16.6. The van der Waals surface area contributed by atoms with Gasteiger partial charge in [0, 0.05) is 13.0 Å². The van der Waals surface area contributed by atoms with Crippen LogP contribution in [-0.4, -0.2) is 30.7 Å². The standard InChI is InChI=1S/C8H15NO2/c1-3-8(10)11-7-5-4-6-9(7)2/h7H,3-6H2,1-2H3. The summed E-state index contributed by atoms with van der Waals surface area (Å²) >= 11 is 0. The SMILES string of the molecule is CCC(=O)OC1CCCN1C. The molecule has 0 saturated carbocycles. The van der Waals surface area contributed by atoms with Gasteiger partial charge in [-0.3, -0.25) is 9.69 Å². The van der Waals surface area contributed by atoms with E-state index in [0.717, 1.165) is 19.4 Å². The van der Waals surface area contributed by atoms with Crippen LogP contribution in [0, 0.1) is 0 Å². The second kappa shape index (κ2) is 3.72. The number of carbonyl (C=O) groups excluding carboxylic acids is 1. The summed E-state index contributed by atoms with van der Waals surface area (Å²) in [6.45, 7) is 2.86. The number of hydrogen-bond acceptors (Lipinski definition) is 3. The highest BCUT2D eigenvalue weighted by Gasteiger charge is 2.23. The molecule has 0 aromatic rings. The second-order valence-corrected chi connectivity index (χ2v) is 2.92. The van der Waals surface area contributed by atoms with E-state index in [4.69, 9.17) is 4.74 Å². The first-order valence-corrected chi connectivity index (χ1v) is 4.13. The van der Waals surface area contributed by atoms with Crippen molar-refractivity contribution in [2.75, 3.05) is 13.6 Å². The predicted octanol–water partition coefficient (Wildman–Crippen LogP) is 0.991. The number of esters is 1. The quantitative estimate of drug-likeness (QED) is 0.560. The van der Waals surface area contributed by atoms with Gasteiger partial charge in [0.2, 0.25) is 0 Å². The van der Waals surface area contributed by atoms with E-state index in [0.29, 0.717) is 6.42 Å². The number of rotatable bonds is 2. The van der Waals surface area contributed by atoms with Crippen LogP contribution in [0.3, 0.4) is 0 Å². The lowest BCUT2D eigenvalue weighted by Gasteiger charge is -2.18. The molecule has 0 aliphatic carbocycles. The van der Waals surface area contributed by atoms with Gasteiger partial charge in [-0.15, -0.1) is 0 Å². The van der Waals surface area contributed by atoms with Crippen molar-refractivity contribution in [2.45, 2.75) is 32.4 Å². The highest BCUT2D eigenvalue weighted by Crippen LogP contribution is 2.15. The maximum atomic E-state index is 10.9. The molecule has 1 atom stereocenters. The Kier molecular flexibility index (Phi) is 2.88. The van der Waals surface area contributed by atoms with Gasteiger partial charge >= 0.3 is 5.97 Å². The maximum Gasteiger partial charge on any atom is 0.307 e. The molecule has 0 bridgehead atoms. The normalized spacial score (nSPS) is 25.5. The van der Waals surface area contributed by atoms with E-state index in [9.17, 15) is 4.79 Å². The molecule has 1 aliphatic rings. The van der Waals surface area contributed by atoms with Crippen LogP contribution in [0.2, 0.25) is 0 Å². The molecule has 0 radical (unpaired) electrons. The maximum absolute atomic E-state index is 10.9. The topological polar surface area (TPSA) is 29.5 Å². The van der Waals surface area contributed by atoms with Crippen LogP contribution in [-0.2, 0) is 9.53 Å². The molecule has 0 N–H and O–H groups in total. The average Bonchev–Trinajstić information content (AvgIpc) is 2.37. The minimum absolute atomic E-state index is 0.0439. The second-order valence-electron chi connectivity index (χ2n) is 2.92. The largest absolute Gasteiger partial charge is 0.446 e. The van der Waals surface area contributed by atoms with Crippen LogP contribution >= 0.6 is 0 Å². The van der Waals surface area contributed by atoms with Crippen LogP contribution in [0.15, 0.2) is 0 Å². The molecule has 1 saturated heterocycles. The molecule has 3 heteroatoms. The third-order valence-corrected chi connectivity index (χ3v) is 2.01. The fraction of sp³-hybridized carbons (Fsp3) is 0.875. The van der Waals surface area contributed by atoms with Gasteiger partial charge in [-0.1, -0.05) is 6.92 Å². The van der Waals surface area contributed by atoms with Crippen molar-refractivity contribution in [1.29, 1.82) is 0 Å². The summed E-state index contributed by atoms with van der Waals surface area (Å²) in [7, 11) is 1.99. The van der Waals surface area contributed by atoms with Gasteiger partial charge in [0.05, 0.1) is 0 Å². The van der Waals surface area contributed by atoms with Crippen LogP contribution in [0.5, 0.6) is 0 Å². The van der Waals surface area contributed by atoms with Gasteiger partial charge < -0.3 is 4.74 Å². The van der Waals surface area contributed by atoms with Crippen molar-refractivity contribution in [3.05, 3.63) is 0 Å². The predicted molar refractivity (Wildman–Crippen MR) is 42.0 cm³/mol. The van der Waals surface area contributed by atoms with E-state index in [1.165, 1.54) is 0 Å². The van der Waals surface area contributed by atoms with Crippen molar-refractivity contribution in [3.63, 3.8) is 0 Å². The van der Waals surface area contributed by atoms with Crippen molar-refractivity contribution < 1.29 is 9.53 Å². The zero-order chi connectivity index (χ0) is 8.27. The Morgan fingerprint density at radius 2 is 2.45 bits per heavy atom. The Morgan fingerprint density at radius 3 is 2.91 bits per heavy atom. The number of likely N-dealkylation sites (tertiary alicyclic amines) is 1. The molecule has 1 fully saturated rings. The number of carbonyl (C=O) groups is 1. The molecular weight excluding hydrogens is 142 g/mol.